The maximum Gasteiger partial charge on any atom is 0.122 e. The lowest BCUT2D eigenvalue weighted by atomic mass is 10.1. The van der Waals surface area contributed by atoms with Crippen molar-refractivity contribution in [2.45, 2.75) is 13.8 Å². The van der Waals surface area contributed by atoms with E-state index >= 15 is 0 Å². The molecule has 0 aliphatic rings. The first-order valence-corrected chi connectivity index (χ1v) is 4.69. The zero-order valence-corrected chi connectivity index (χ0v) is 9.05. The normalized spacial score (nSPS) is 9.64. The molecule has 0 saturated heterocycles. The van der Waals surface area contributed by atoms with E-state index in [-0.39, 0.29) is 0 Å². The molecule has 0 aliphatic heterocycles. The van der Waals surface area contributed by atoms with Crippen LogP contribution in [0.4, 0.5) is 5.69 Å². The van der Waals surface area contributed by atoms with Gasteiger partial charge in [0.1, 0.15) is 5.75 Å². The standard InChI is InChI=1S/C12H17NO/c1-5-6-13-11-7-10(3)12(14-4)8-9(11)2/h5,7-8,13H,1,6H2,2-4H3. The van der Waals surface area contributed by atoms with E-state index in [1.165, 1.54) is 5.56 Å². The number of methoxy groups -OCH3 is 1. The van der Waals surface area contributed by atoms with Gasteiger partial charge >= 0.3 is 0 Å². The third kappa shape index (κ3) is 2.28. The first kappa shape index (κ1) is 10.6. The summed E-state index contributed by atoms with van der Waals surface area (Å²) in [6, 6.07) is 4.14. The monoisotopic (exact) mass is 191 g/mol. The van der Waals surface area contributed by atoms with Crippen LogP contribution in [0.15, 0.2) is 24.8 Å². The molecule has 0 spiro atoms. The van der Waals surface area contributed by atoms with Crippen LogP contribution in [0.25, 0.3) is 0 Å². The molecule has 0 amide bonds. The minimum Gasteiger partial charge on any atom is -0.496 e. The Morgan fingerprint density at radius 3 is 2.64 bits per heavy atom. The van der Waals surface area contributed by atoms with E-state index < -0.39 is 0 Å². The summed E-state index contributed by atoms with van der Waals surface area (Å²) in [5.41, 5.74) is 3.47. The first-order chi connectivity index (χ1) is 6.69. The minimum absolute atomic E-state index is 0.784. The lowest BCUT2D eigenvalue weighted by Gasteiger charge is -2.11. The summed E-state index contributed by atoms with van der Waals surface area (Å²) in [6.45, 7) is 8.56. The van der Waals surface area contributed by atoms with E-state index in [1.54, 1.807) is 7.11 Å². The Bertz CT molecular complexity index is 331. The van der Waals surface area contributed by atoms with Crippen molar-refractivity contribution in [3.05, 3.63) is 35.9 Å². The first-order valence-electron chi connectivity index (χ1n) is 4.69. The molecule has 0 atom stereocenters. The fourth-order valence-electron chi connectivity index (χ4n) is 1.38. The van der Waals surface area contributed by atoms with Crippen molar-refractivity contribution in [1.29, 1.82) is 0 Å². The Kier molecular flexibility index (Phi) is 3.57. The van der Waals surface area contributed by atoms with Gasteiger partial charge in [-0.25, -0.2) is 0 Å². The highest BCUT2D eigenvalue weighted by Gasteiger charge is 2.03. The van der Waals surface area contributed by atoms with Crippen LogP contribution >= 0.6 is 0 Å². The molecule has 1 N–H and O–H groups in total. The van der Waals surface area contributed by atoms with E-state index in [4.69, 9.17) is 4.74 Å². The number of nitrogens with one attached hydrogen (secondary N) is 1. The summed E-state index contributed by atoms with van der Waals surface area (Å²) < 4.78 is 5.24. The highest BCUT2D eigenvalue weighted by atomic mass is 16.5. The maximum atomic E-state index is 5.24. The Morgan fingerprint density at radius 2 is 2.07 bits per heavy atom. The molecule has 76 valence electrons. The zero-order chi connectivity index (χ0) is 10.6. The molecule has 0 fully saturated rings. The Hall–Kier alpha value is -1.44. The quantitative estimate of drug-likeness (QED) is 0.739. The number of aryl methyl sites for hydroxylation is 2. The van der Waals surface area contributed by atoms with Crippen LogP contribution in [0, 0.1) is 13.8 Å². The fourth-order valence-corrected chi connectivity index (χ4v) is 1.38. The van der Waals surface area contributed by atoms with Crippen molar-refractivity contribution in [3.8, 4) is 5.75 Å². The second-order valence-corrected chi connectivity index (χ2v) is 3.31. The van der Waals surface area contributed by atoms with E-state index in [1.807, 2.05) is 19.1 Å². The zero-order valence-electron chi connectivity index (χ0n) is 9.05. The van der Waals surface area contributed by atoms with Crippen molar-refractivity contribution in [1.82, 2.24) is 0 Å². The van der Waals surface area contributed by atoms with Gasteiger partial charge < -0.3 is 10.1 Å². The van der Waals surface area contributed by atoms with Crippen LogP contribution in [0.2, 0.25) is 0 Å². The molecular weight excluding hydrogens is 174 g/mol. The second kappa shape index (κ2) is 4.70. The topological polar surface area (TPSA) is 21.3 Å². The van der Waals surface area contributed by atoms with Crippen molar-refractivity contribution in [3.63, 3.8) is 0 Å². The van der Waals surface area contributed by atoms with Crippen LogP contribution < -0.4 is 10.1 Å². The average Bonchev–Trinajstić information content (AvgIpc) is 2.18. The summed E-state index contributed by atoms with van der Waals surface area (Å²) >= 11 is 0. The van der Waals surface area contributed by atoms with Gasteiger partial charge in [-0.05, 0) is 37.1 Å². The number of hydrogen-bond acceptors (Lipinski definition) is 2. The van der Waals surface area contributed by atoms with Crippen LogP contribution in [-0.4, -0.2) is 13.7 Å². The SMILES string of the molecule is C=CCNc1cc(C)c(OC)cc1C. The van der Waals surface area contributed by atoms with E-state index in [2.05, 4.69) is 24.9 Å². The molecule has 0 aliphatic carbocycles. The van der Waals surface area contributed by atoms with Crippen LogP contribution in [0.5, 0.6) is 5.75 Å². The fraction of sp³-hybridized carbons (Fsp3) is 0.333. The molecule has 2 nitrogen and oxygen atoms in total. The molecule has 1 aromatic rings. The lowest BCUT2D eigenvalue weighted by molar-refractivity contribution is 0.411. The van der Waals surface area contributed by atoms with Crippen LogP contribution in [0.3, 0.4) is 0 Å². The predicted octanol–water partition coefficient (Wildman–Crippen LogP) is 2.91. The molecule has 0 aromatic heterocycles. The van der Waals surface area contributed by atoms with Gasteiger partial charge in [0.2, 0.25) is 0 Å². The molecule has 0 bridgehead atoms. The summed E-state index contributed by atoms with van der Waals surface area (Å²) in [6.07, 6.45) is 1.85. The van der Waals surface area contributed by atoms with Gasteiger partial charge in [0.25, 0.3) is 0 Å². The number of rotatable bonds is 4. The van der Waals surface area contributed by atoms with Crippen molar-refractivity contribution in [2.75, 3.05) is 19.0 Å². The van der Waals surface area contributed by atoms with Crippen molar-refractivity contribution < 1.29 is 4.74 Å². The summed E-state index contributed by atoms with van der Waals surface area (Å²) in [5, 5.41) is 3.28. The van der Waals surface area contributed by atoms with Gasteiger partial charge in [0, 0.05) is 12.2 Å². The lowest BCUT2D eigenvalue weighted by Crippen LogP contribution is -2.01. The predicted molar refractivity (Wildman–Crippen MR) is 61.2 cm³/mol. The number of hydrogen-bond donors (Lipinski definition) is 1. The van der Waals surface area contributed by atoms with Crippen molar-refractivity contribution >= 4 is 5.69 Å². The second-order valence-electron chi connectivity index (χ2n) is 3.31. The molecule has 0 radical (unpaired) electrons. The van der Waals surface area contributed by atoms with Gasteiger partial charge in [-0.15, -0.1) is 6.58 Å². The smallest absolute Gasteiger partial charge is 0.122 e. The Labute approximate surface area is 85.6 Å². The van der Waals surface area contributed by atoms with E-state index in [0.29, 0.717) is 0 Å². The van der Waals surface area contributed by atoms with Gasteiger partial charge in [-0.3, -0.25) is 0 Å². The summed E-state index contributed by atoms with van der Waals surface area (Å²) in [5.74, 6) is 0.937. The number of anilines is 1. The van der Waals surface area contributed by atoms with Gasteiger partial charge in [-0.2, -0.15) is 0 Å². The molecule has 0 unspecified atom stereocenters. The molecule has 14 heavy (non-hydrogen) atoms. The van der Waals surface area contributed by atoms with E-state index in [0.717, 1.165) is 23.5 Å². The highest BCUT2D eigenvalue weighted by Crippen LogP contribution is 2.25. The average molecular weight is 191 g/mol. The Morgan fingerprint density at radius 1 is 1.36 bits per heavy atom. The molecule has 1 aromatic carbocycles. The van der Waals surface area contributed by atoms with Crippen LogP contribution in [-0.2, 0) is 0 Å². The molecule has 0 saturated carbocycles. The van der Waals surface area contributed by atoms with Gasteiger partial charge in [0.15, 0.2) is 0 Å². The van der Waals surface area contributed by atoms with Crippen molar-refractivity contribution in [2.24, 2.45) is 0 Å². The van der Waals surface area contributed by atoms with Crippen LogP contribution in [0.1, 0.15) is 11.1 Å². The Balaban J connectivity index is 2.96. The number of benzene rings is 1. The molecule has 2 heteroatoms. The summed E-state index contributed by atoms with van der Waals surface area (Å²) in [4.78, 5) is 0. The van der Waals surface area contributed by atoms with E-state index in [9.17, 15) is 0 Å². The van der Waals surface area contributed by atoms with Gasteiger partial charge in [-0.1, -0.05) is 6.08 Å². The largest absolute Gasteiger partial charge is 0.496 e. The minimum atomic E-state index is 0.784. The third-order valence-electron chi connectivity index (χ3n) is 2.18. The highest BCUT2D eigenvalue weighted by molar-refractivity contribution is 5.57. The van der Waals surface area contributed by atoms with Gasteiger partial charge in [0.05, 0.1) is 7.11 Å². The molecular formula is C12H17NO. The maximum absolute atomic E-state index is 5.24. The number of ether oxygens (including phenoxy) is 1. The summed E-state index contributed by atoms with van der Waals surface area (Å²) in [7, 11) is 1.69. The third-order valence-corrected chi connectivity index (χ3v) is 2.18. The molecule has 0 heterocycles. The molecule has 1 rings (SSSR count).